The molecule has 1 saturated carbocycles. The van der Waals surface area contributed by atoms with Gasteiger partial charge >= 0.3 is 6.03 Å². The van der Waals surface area contributed by atoms with Gasteiger partial charge in [-0.25, -0.2) is 9.69 Å². The average Bonchev–Trinajstić information content (AvgIpc) is 2.68. The van der Waals surface area contributed by atoms with Gasteiger partial charge in [-0.1, -0.05) is 12.8 Å². The summed E-state index contributed by atoms with van der Waals surface area (Å²) in [6.07, 6.45) is 0.866. The number of nitrogens with one attached hydrogen (secondary N) is 1. The fourth-order valence-corrected chi connectivity index (χ4v) is 2.56. The van der Waals surface area contributed by atoms with Crippen LogP contribution in [0, 0.1) is 0 Å². The van der Waals surface area contributed by atoms with Crippen molar-refractivity contribution in [2.45, 2.75) is 57.3 Å². The lowest BCUT2D eigenvalue weighted by atomic mass is 9.95. The van der Waals surface area contributed by atoms with Crippen molar-refractivity contribution < 1.29 is 24.2 Å². The summed E-state index contributed by atoms with van der Waals surface area (Å²) in [5.74, 6) is -0.410. The first-order valence-corrected chi connectivity index (χ1v) is 6.51. The summed E-state index contributed by atoms with van der Waals surface area (Å²) in [6, 6.07) is -0.533. The van der Waals surface area contributed by atoms with E-state index >= 15 is 0 Å². The fraction of sp³-hybridized carbons (Fsp3) is 0.833. The zero-order valence-electron chi connectivity index (χ0n) is 11.2. The van der Waals surface area contributed by atoms with Gasteiger partial charge in [0.05, 0.1) is 12.2 Å². The Hall–Kier alpha value is -1.18. The molecule has 1 saturated heterocycles. The lowest BCUT2D eigenvalue weighted by Crippen LogP contribution is -2.47. The molecule has 0 spiro atoms. The van der Waals surface area contributed by atoms with Gasteiger partial charge in [-0.3, -0.25) is 4.79 Å². The van der Waals surface area contributed by atoms with Crippen LogP contribution in [0.2, 0.25) is 0 Å². The molecule has 2 N–H and O–H groups in total. The number of imide groups is 1. The molecule has 0 unspecified atom stereocenters. The Bertz CT molecular complexity index is 362. The number of methoxy groups -OCH3 is 1. The summed E-state index contributed by atoms with van der Waals surface area (Å²) < 4.78 is 10.9. The van der Waals surface area contributed by atoms with Crippen LogP contribution in [0.1, 0.15) is 32.6 Å². The molecule has 0 bridgehead atoms. The van der Waals surface area contributed by atoms with Gasteiger partial charge in [-0.05, 0) is 12.8 Å². The summed E-state index contributed by atoms with van der Waals surface area (Å²) in [7, 11) is 1.43. The normalized spacial score (nSPS) is 35.3. The Morgan fingerprint density at radius 1 is 1.42 bits per heavy atom. The maximum Gasteiger partial charge on any atom is 0.328 e. The molecule has 0 aromatic heterocycles. The molecule has 7 nitrogen and oxygen atoms in total. The maximum absolute atomic E-state index is 11.7. The number of hydrogen-bond donors (Lipinski definition) is 2. The smallest absolute Gasteiger partial charge is 0.328 e. The molecule has 1 aliphatic carbocycles. The van der Waals surface area contributed by atoms with Gasteiger partial charge in [0.25, 0.3) is 0 Å². The van der Waals surface area contributed by atoms with Gasteiger partial charge in [0.1, 0.15) is 0 Å². The number of nitrogens with zero attached hydrogens (tertiary/aromatic N) is 1. The average molecular weight is 272 g/mol. The first-order valence-electron chi connectivity index (χ1n) is 6.51. The fourth-order valence-electron chi connectivity index (χ4n) is 2.56. The van der Waals surface area contributed by atoms with Crippen LogP contribution in [0.5, 0.6) is 0 Å². The lowest BCUT2D eigenvalue weighted by Gasteiger charge is -2.33. The number of amides is 3. The molecule has 108 valence electrons. The molecule has 7 heteroatoms. The monoisotopic (exact) mass is 272 g/mol. The van der Waals surface area contributed by atoms with E-state index in [2.05, 4.69) is 5.32 Å². The maximum atomic E-state index is 11.7. The van der Waals surface area contributed by atoms with Crippen molar-refractivity contribution in [3.05, 3.63) is 0 Å². The van der Waals surface area contributed by atoms with E-state index in [1.165, 1.54) is 14.0 Å². The van der Waals surface area contributed by atoms with Gasteiger partial charge in [0.2, 0.25) is 5.91 Å². The van der Waals surface area contributed by atoms with Crippen LogP contribution in [0.15, 0.2) is 0 Å². The molecule has 3 amide bonds. The van der Waals surface area contributed by atoms with E-state index in [1.54, 1.807) is 0 Å². The van der Waals surface area contributed by atoms with Crippen LogP contribution < -0.4 is 5.32 Å². The second-order valence-electron chi connectivity index (χ2n) is 4.91. The minimum atomic E-state index is -0.826. The molecular weight excluding hydrogens is 252 g/mol. The van der Waals surface area contributed by atoms with Crippen LogP contribution in [-0.4, -0.2) is 53.7 Å². The molecule has 2 fully saturated rings. The van der Waals surface area contributed by atoms with Gasteiger partial charge in [0, 0.05) is 14.0 Å². The second kappa shape index (κ2) is 5.85. The lowest BCUT2D eigenvalue weighted by molar-refractivity contribution is -0.173. The van der Waals surface area contributed by atoms with E-state index in [0.717, 1.165) is 17.7 Å². The first-order chi connectivity index (χ1) is 9.04. The van der Waals surface area contributed by atoms with Crippen molar-refractivity contribution in [2.75, 3.05) is 7.11 Å². The Morgan fingerprint density at radius 3 is 2.68 bits per heavy atom. The Labute approximate surface area is 111 Å². The van der Waals surface area contributed by atoms with Crippen LogP contribution in [-0.2, 0) is 14.3 Å². The molecule has 1 aliphatic heterocycles. The van der Waals surface area contributed by atoms with Crippen molar-refractivity contribution in [1.82, 2.24) is 10.2 Å². The van der Waals surface area contributed by atoms with Gasteiger partial charge in [-0.2, -0.15) is 0 Å². The summed E-state index contributed by atoms with van der Waals surface area (Å²) in [4.78, 5) is 24.2. The molecule has 0 radical (unpaired) electrons. The number of aliphatic hydroxyl groups is 1. The molecule has 4 atom stereocenters. The number of urea groups is 1. The highest BCUT2D eigenvalue weighted by atomic mass is 16.6. The highest BCUT2D eigenvalue weighted by Crippen LogP contribution is 2.26. The van der Waals surface area contributed by atoms with Crippen molar-refractivity contribution in [3.8, 4) is 0 Å². The number of aliphatic hydroxyl groups excluding tert-OH is 1. The van der Waals surface area contributed by atoms with E-state index in [-0.39, 0.29) is 6.10 Å². The quantitative estimate of drug-likeness (QED) is 0.765. The van der Waals surface area contributed by atoms with Crippen LogP contribution >= 0.6 is 0 Å². The zero-order chi connectivity index (χ0) is 14.0. The molecule has 19 heavy (non-hydrogen) atoms. The molecule has 0 aromatic rings. The highest BCUT2D eigenvalue weighted by Gasteiger charge is 2.45. The molecule has 2 rings (SSSR count). The third kappa shape index (κ3) is 2.88. The molecule has 1 heterocycles. The largest absolute Gasteiger partial charge is 0.390 e. The van der Waals surface area contributed by atoms with E-state index in [4.69, 9.17) is 9.47 Å². The predicted octanol–water partition coefficient (Wildman–Crippen LogP) is 0.177. The van der Waals surface area contributed by atoms with Gasteiger partial charge < -0.3 is 19.9 Å². The topological polar surface area (TPSA) is 88.1 Å². The third-order valence-corrected chi connectivity index (χ3v) is 3.57. The zero-order valence-corrected chi connectivity index (χ0v) is 11.2. The summed E-state index contributed by atoms with van der Waals surface area (Å²) in [5, 5.41) is 12.4. The molecule has 0 aromatic carbocycles. The van der Waals surface area contributed by atoms with E-state index in [9.17, 15) is 14.7 Å². The SMILES string of the molecule is CO[C@H]1NC(=O)N(C(C)=O)[C@@H]1O[C@H]1CCCC[C@H]1O. The Morgan fingerprint density at radius 2 is 2.11 bits per heavy atom. The van der Waals surface area contributed by atoms with Gasteiger partial charge in [-0.15, -0.1) is 0 Å². The summed E-state index contributed by atoms with van der Waals surface area (Å²) in [6.45, 7) is 1.30. The van der Waals surface area contributed by atoms with Crippen LogP contribution in [0.4, 0.5) is 4.79 Å². The van der Waals surface area contributed by atoms with E-state index in [0.29, 0.717) is 12.8 Å². The minimum Gasteiger partial charge on any atom is -0.390 e. The number of ether oxygens (including phenoxy) is 2. The predicted molar refractivity (Wildman–Crippen MR) is 65.0 cm³/mol. The number of rotatable bonds is 3. The van der Waals surface area contributed by atoms with Gasteiger partial charge in [0.15, 0.2) is 12.5 Å². The number of carbonyl (C=O) groups is 2. The number of carbonyl (C=O) groups excluding carboxylic acids is 2. The van der Waals surface area contributed by atoms with Crippen molar-refractivity contribution in [2.24, 2.45) is 0 Å². The molecule has 2 aliphatic rings. The summed E-state index contributed by atoms with van der Waals surface area (Å²) in [5.41, 5.74) is 0. The number of hydrogen-bond acceptors (Lipinski definition) is 5. The minimum absolute atomic E-state index is 0.369. The highest BCUT2D eigenvalue weighted by molar-refractivity contribution is 5.95. The third-order valence-electron chi connectivity index (χ3n) is 3.57. The van der Waals surface area contributed by atoms with Crippen molar-refractivity contribution in [3.63, 3.8) is 0 Å². The van der Waals surface area contributed by atoms with Crippen LogP contribution in [0.3, 0.4) is 0 Å². The standard InChI is InChI=1S/C12H20N2O5/c1-7(15)14-11(10(18-2)13-12(14)17)19-9-6-4-3-5-8(9)16/h8-11,16H,3-6H2,1-2H3,(H,13,17)/t8-,9+,10-,11-/m1/s1. The van der Waals surface area contributed by atoms with Crippen molar-refractivity contribution >= 4 is 11.9 Å². The molecular formula is C12H20N2O5. The Kier molecular flexibility index (Phi) is 4.38. The van der Waals surface area contributed by atoms with Crippen molar-refractivity contribution in [1.29, 1.82) is 0 Å². The summed E-state index contributed by atoms with van der Waals surface area (Å²) >= 11 is 0. The first kappa shape index (κ1) is 14.2. The van der Waals surface area contributed by atoms with Crippen LogP contribution in [0.25, 0.3) is 0 Å². The second-order valence-corrected chi connectivity index (χ2v) is 4.91. The Balaban J connectivity index is 2.09. The van der Waals surface area contributed by atoms with E-state index < -0.39 is 30.5 Å². The van der Waals surface area contributed by atoms with E-state index in [1.807, 2.05) is 0 Å².